The van der Waals surface area contributed by atoms with E-state index in [1.807, 2.05) is 17.0 Å². The molecule has 0 radical (unpaired) electrons. The zero-order chi connectivity index (χ0) is 19.2. The highest BCUT2D eigenvalue weighted by atomic mass is 16.6. The molecule has 0 unspecified atom stereocenters. The van der Waals surface area contributed by atoms with Crippen LogP contribution in [0.15, 0.2) is 24.3 Å². The molecule has 2 amide bonds. The number of ether oxygens (including phenoxy) is 1. The molecule has 3 rings (SSSR count). The van der Waals surface area contributed by atoms with Gasteiger partial charge in [0.15, 0.2) is 0 Å². The van der Waals surface area contributed by atoms with Crippen molar-refractivity contribution in [2.45, 2.75) is 44.6 Å². The van der Waals surface area contributed by atoms with E-state index in [9.17, 15) is 9.59 Å². The number of amides is 2. The number of hydrogen-bond acceptors (Lipinski definition) is 4. The molecule has 27 heavy (non-hydrogen) atoms. The van der Waals surface area contributed by atoms with Crippen LogP contribution in [-0.4, -0.2) is 73.0 Å². The van der Waals surface area contributed by atoms with Crippen LogP contribution in [0.2, 0.25) is 0 Å². The van der Waals surface area contributed by atoms with Crippen LogP contribution in [0, 0.1) is 0 Å². The minimum absolute atomic E-state index is 0.248. The van der Waals surface area contributed by atoms with Gasteiger partial charge in [0.1, 0.15) is 5.75 Å². The van der Waals surface area contributed by atoms with Gasteiger partial charge >= 0.3 is 6.09 Å². The predicted molar refractivity (Wildman–Crippen MR) is 105 cm³/mol. The largest absolute Gasteiger partial charge is 0.414 e. The van der Waals surface area contributed by atoms with E-state index in [0.29, 0.717) is 24.6 Å². The van der Waals surface area contributed by atoms with Crippen molar-refractivity contribution in [2.24, 2.45) is 0 Å². The number of rotatable bonds is 5. The molecule has 0 aliphatic carbocycles. The molecular weight excluding hydrogens is 342 g/mol. The molecule has 2 aliphatic heterocycles. The summed E-state index contributed by atoms with van der Waals surface area (Å²) in [5, 5.41) is 0. The summed E-state index contributed by atoms with van der Waals surface area (Å²) in [6.07, 6.45) is 5.72. The van der Waals surface area contributed by atoms with Crippen LogP contribution >= 0.6 is 0 Å². The second-order valence-electron chi connectivity index (χ2n) is 7.76. The van der Waals surface area contributed by atoms with Crippen LogP contribution in [0.4, 0.5) is 4.79 Å². The monoisotopic (exact) mass is 373 g/mol. The third-order valence-electron chi connectivity index (χ3n) is 5.60. The van der Waals surface area contributed by atoms with Gasteiger partial charge in [0.05, 0.1) is 0 Å². The number of piperidine rings is 1. The van der Waals surface area contributed by atoms with Crippen LogP contribution < -0.4 is 4.74 Å². The van der Waals surface area contributed by atoms with Gasteiger partial charge in [-0.25, -0.2) is 4.79 Å². The smallest absolute Gasteiger partial charge is 0.410 e. The minimum Gasteiger partial charge on any atom is -0.410 e. The van der Waals surface area contributed by atoms with Gasteiger partial charge in [-0.15, -0.1) is 0 Å². The van der Waals surface area contributed by atoms with Gasteiger partial charge in [-0.3, -0.25) is 4.79 Å². The Balaban J connectivity index is 1.40. The van der Waals surface area contributed by atoms with Crippen molar-refractivity contribution in [1.29, 1.82) is 0 Å². The molecule has 6 heteroatoms. The maximum Gasteiger partial charge on any atom is 0.414 e. The first-order valence-electron chi connectivity index (χ1n) is 10.0. The van der Waals surface area contributed by atoms with Gasteiger partial charge in [-0.05, 0) is 62.9 Å². The lowest BCUT2D eigenvalue weighted by Crippen LogP contribution is -2.45. The first-order chi connectivity index (χ1) is 13.0. The number of carbonyl (C=O) groups excluding carboxylic acids is 2. The average molecular weight is 373 g/mol. The molecule has 0 spiro atoms. The Labute approximate surface area is 162 Å². The van der Waals surface area contributed by atoms with Crippen LogP contribution in [0.25, 0.3) is 0 Å². The van der Waals surface area contributed by atoms with Crippen molar-refractivity contribution in [3.63, 3.8) is 0 Å². The average Bonchev–Trinajstić information content (AvgIpc) is 3.22. The highest BCUT2D eigenvalue weighted by molar-refractivity contribution is 5.76. The molecule has 2 fully saturated rings. The molecule has 0 N–H and O–H groups in total. The Morgan fingerprint density at radius 2 is 1.67 bits per heavy atom. The Kier molecular flexibility index (Phi) is 6.72. The van der Waals surface area contributed by atoms with Gasteiger partial charge in [0, 0.05) is 39.6 Å². The fourth-order valence-corrected chi connectivity index (χ4v) is 3.91. The van der Waals surface area contributed by atoms with Crippen molar-refractivity contribution in [3.8, 4) is 5.75 Å². The number of benzene rings is 1. The molecule has 0 atom stereocenters. The second-order valence-corrected chi connectivity index (χ2v) is 7.76. The lowest BCUT2D eigenvalue weighted by Gasteiger charge is -2.36. The first kappa shape index (κ1) is 19.7. The molecule has 0 bridgehead atoms. The number of hydrogen-bond donors (Lipinski definition) is 0. The standard InChI is InChI=1S/C21H31N3O3/c1-22(2)21(26)27-19-8-5-17(6-9-19)7-10-20(25)24-15-11-18(12-16-24)23-13-3-4-14-23/h5-6,8-9,18H,3-4,7,10-16H2,1-2H3. The fraction of sp³-hybridized carbons (Fsp3) is 0.619. The third kappa shape index (κ3) is 5.45. The van der Waals surface area contributed by atoms with E-state index in [0.717, 1.165) is 31.5 Å². The molecule has 6 nitrogen and oxygen atoms in total. The van der Waals surface area contributed by atoms with E-state index in [-0.39, 0.29) is 5.91 Å². The van der Waals surface area contributed by atoms with E-state index in [1.54, 1.807) is 26.2 Å². The van der Waals surface area contributed by atoms with Gasteiger partial charge in [0.2, 0.25) is 5.91 Å². The Bertz CT molecular complexity index is 631. The highest BCUT2D eigenvalue weighted by Gasteiger charge is 2.27. The first-order valence-corrected chi connectivity index (χ1v) is 10.0. The number of aryl methyl sites for hydroxylation is 1. The summed E-state index contributed by atoms with van der Waals surface area (Å²) in [6, 6.07) is 8.08. The van der Waals surface area contributed by atoms with Crippen LogP contribution in [0.1, 0.15) is 37.7 Å². The van der Waals surface area contributed by atoms with Crippen LogP contribution in [-0.2, 0) is 11.2 Å². The van der Waals surface area contributed by atoms with E-state index in [2.05, 4.69) is 4.90 Å². The van der Waals surface area contributed by atoms with Crippen molar-refractivity contribution >= 4 is 12.0 Å². The van der Waals surface area contributed by atoms with E-state index in [1.165, 1.54) is 30.8 Å². The summed E-state index contributed by atoms with van der Waals surface area (Å²) >= 11 is 0. The minimum atomic E-state index is -0.393. The second kappa shape index (κ2) is 9.22. The highest BCUT2D eigenvalue weighted by Crippen LogP contribution is 2.22. The van der Waals surface area contributed by atoms with E-state index in [4.69, 9.17) is 4.74 Å². The molecule has 148 valence electrons. The zero-order valence-electron chi connectivity index (χ0n) is 16.5. The Hall–Kier alpha value is -2.08. The quantitative estimate of drug-likeness (QED) is 0.796. The Morgan fingerprint density at radius 1 is 1.04 bits per heavy atom. The van der Waals surface area contributed by atoms with Gasteiger partial charge < -0.3 is 19.4 Å². The zero-order valence-corrected chi connectivity index (χ0v) is 16.5. The molecule has 0 saturated carbocycles. The fourth-order valence-electron chi connectivity index (χ4n) is 3.91. The summed E-state index contributed by atoms with van der Waals surface area (Å²) in [4.78, 5) is 30.1. The number of nitrogens with zero attached hydrogens (tertiary/aromatic N) is 3. The van der Waals surface area contributed by atoms with Crippen molar-refractivity contribution in [2.75, 3.05) is 40.3 Å². The maximum atomic E-state index is 12.5. The van der Waals surface area contributed by atoms with Crippen molar-refractivity contribution in [1.82, 2.24) is 14.7 Å². The summed E-state index contributed by atoms with van der Waals surface area (Å²) < 4.78 is 5.21. The molecule has 1 aromatic rings. The van der Waals surface area contributed by atoms with Crippen LogP contribution in [0.5, 0.6) is 5.75 Å². The summed E-state index contributed by atoms with van der Waals surface area (Å²) in [7, 11) is 3.30. The van der Waals surface area contributed by atoms with Gasteiger partial charge in [-0.1, -0.05) is 12.1 Å². The molecule has 2 saturated heterocycles. The molecule has 1 aromatic carbocycles. The van der Waals surface area contributed by atoms with Crippen molar-refractivity contribution < 1.29 is 14.3 Å². The predicted octanol–water partition coefficient (Wildman–Crippen LogP) is 2.77. The van der Waals surface area contributed by atoms with Gasteiger partial charge in [0.25, 0.3) is 0 Å². The molecule has 0 aromatic heterocycles. The lowest BCUT2D eigenvalue weighted by molar-refractivity contribution is -0.132. The topological polar surface area (TPSA) is 53.1 Å². The summed E-state index contributed by atoms with van der Waals surface area (Å²) in [6.45, 7) is 4.25. The van der Waals surface area contributed by atoms with E-state index < -0.39 is 6.09 Å². The third-order valence-corrected chi connectivity index (χ3v) is 5.60. The maximum absolute atomic E-state index is 12.5. The van der Waals surface area contributed by atoms with Crippen molar-refractivity contribution in [3.05, 3.63) is 29.8 Å². The normalized spacial score (nSPS) is 18.5. The molecule has 2 heterocycles. The van der Waals surface area contributed by atoms with Gasteiger partial charge in [-0.2, -0.15) is 0 Å². The van der Waals surface area contributed by atoms with E-state index >= 15 is 0 Å². The summed E-state index contributed by atoms with van der Waals surface area (Å²) in [5.41, 5.74) is 1.08. The lowest BCUT2D eigenvalue weighted by atomic mass is 10.0. The Morgan fingerprint density at radius 3 is 2.26 bits per heavy atom. The molecule has 2 aliphatic rings. The number of likely N-dealkylation sites (tertiary alicyclic amines) is 2. The summed E-state index contributed by atoms with van der Waals surface area (Å²) in [5.74, 6) is 0.769. The number of carbonyl (C=O) groups is 2. The molecular formula is C21H31N3O3. The SMILES string of the molecule is CN(C)C(=O)Oc1ccc(CCC(=O)N2CCC(N3CCCC3)CC2)cc1. The van der Waals surface area contributed by atoms with Crippen LogP contribution in [0.3, 0.4) is 0 Å².